The summed E-state index contributed by atoms with van der Waals surface area (Å²) < 4.78 is 23.8. The molecule has 3 rings (SSSR count). The monoisotopic (exact) mass is 434 g/mol. The van der Waals surface area contributed by atoms with Gasteiger partial charge in [-0.2, -0.15) is 0 Å². The largest absolute Gasteiger partial charge is 0.450 e. The second-order valence-electron chi connectivity index (χ2n) is 6.64. The first kappa shape index (κ1) is 22.2. The molecule has 1 heterocycles. The van der Waals surface area contributed by atoms with Crippen LogP contribution in [0.25, 0.3) is 0 Å². The fraction of sp³-hybridized carbons (Fsp3) is 0.409. The molecule has 5 atom stereocenters. The van der Waals surface area contributed by atoms with Gasteiger partial charge in [-0.25, -0.2) is 4.79 Å². The molecule has 2 aromatic carbocycles. The molecule has 5 nitrogen and oxygen atoms in total. The average Bonchev–Trinajstić information content (AvgIpc) is 2.75. The van der Waals surface area contributed by atoms with Crippen LogP contribution < -0.4 is 0 Å². The zero-order chi connectivity index (χ0) is 20.6. The average molecular weight is 435 g/mol. The van der Waals surface area contributed by atoms with Gasteiger partial charge in [0.25, 0.3) is 0 Å². The van der Waals surface area contributed by atoms with E-state index in [0.717, 1.165) is 22.2 Å². The Hall–Kier alpha value is -1.51. The Morgan fingerprint density at radius 3 is 2.31 bits per heavy atom. The van der Waals surface area contributed by atoms with Gasteiger partial charge in [0, 0.05) is 12.0 Å². The lowest BCUT2D eigenvalue weighted by Crippen LogP contribution is -2.58. The fourth-order valence-corrected chi connectivity index (χ4v) is 4.69. The number of rotatable bonds is 7. The van der Waals surface area contributed by atoms with E-state index in [9.17, 15) is 4.79 Å². The van der Waals surface area contributed by atoms with E-state index in [1.54, 1.807) is 25.1 Å². The zero-order valence-electron chi connectivity index (χ0n) is 16.7. The maximum atomic E-state index is 12.1. The molecule has 156 valence electrons. The van der Waals surface area contributed by atoms with Gasteiger partial charge in [0.15, 0.2) is 6.29 Å². The van der Waals surface area contributed by atoms with Gasteiger partial charge in [-0.15, -0.1) is 11.8 Å². The van der Waals surface area contributed by atoms with Crippen molar-refractivity contribution in [3.05, 3.63) is 66.2 Å². The molecule has 0 unspecified atom stereocenters. The standard InChI is InChI=1S/C22H26O5S2/c1-15-18(24-2)19(27-22(23)28-3)20(29-17-12-8-5-9-13-17)21(26-15)25-14-16-10-6-4-7-11-16/h4-13,15,18-21H,14H2,1-3H3/t15-,18-,19+,20-,21-/m0/s1. The van der Waals surface area contributed by atoms with Gasteiger partial charge in [0.2, 0.25) is 0 Å². The fourth-order valence-electron chi connectivity index (χ4n) is 3.26. The first-order valence-corrected chi connectivity index (χ1v) is 11.5. The van der Waals surface area contributed by atoms with E-state index in [-0.39, 0.29) is 22.8 Å². The molecule has 29 heavy (non-hydrogen) atoms. The third-order valence-electron chi connectivity index (χ3n) is 4.67. The number of carbonyl (C=O) groups excluding carboxylic acids is 1. The van der Waals surface area contributed by atoms with Gasteiger partial charge >= 0.3 is 5.30 Å². The van der Waals surface area contributed by atoms with Crippen LogP contribution in [0.3, 0.4) is 0 Å². The topological polar surface area (TPSA) is 54.0 Å². The summed E-state index contributed by atoms with van der Waals surface area (Å²) in [6.45, 7) is 2.32. The molecule has 1 fully saturated rings. The summed E-state index contributed by atoms with van der Waals surface area (Å²) in [5.41, 5.74) is 1.05. The quantitative estimate of drug-likeness (QED) is 0.569. The summed E-state index contributed by atoms with van der Waals surface area (Å²) in [5.74, 6) is 0. The van der Waals surface area contributed by atoms with Crippen LogP contribution in [0, 0.1) is 0 Å². The lowest BCUT2D eigenvalue weighted by Gasteiger charge is -2.44. The van der Waals surface area contributed by atoms with Crippen LogP contribution in [-0.4, -0.2) is 48.5 Å². The van der Waals surface area contributed by atoms with Crippen molar-refractivity contribution in [2.45, 2.75) is 48.3 Å². The molecule has 0 N–H and O–H groups in total. The molecule has 0 amide bonds. The van der Waals surface area contributed by atoms with Crippen molar-refractivity contribution in [1.82, 2.24) is 0 Å². The first-order valence-electron chi connectivity index (χ1n) is 9.42. The van der Waals surface area contributed by atoms with Crippen molar-refractivity contribution in [3.63, 3.8) is 0 Å². The predicted molar refractivity (Wildman–Crippen MR) is 116 cm³/mol. The summed E-state index contributed by atoms with van der Waals surface area (Å²) in [7, 11) is 1.61. The normalized spacial score (nSPS) is 26.8. The van der Waals surface area contributed by atoms with Crippen LogP contribution in [0.2, 0.25) is 0 Å². The summed E-state index contributed by atoms with van der Waals surface area (Å²) in [6.07, 6.45) is -0.0246. The summed E-state index contributed by atoms with van der Waals surface area (Å²) >= 11 is 2.62. The van der Waals surface area contributed by atoms with Crippen LogP contribution in [-0.2, 0) is 25.6 Å². The van der Waals surface area contributed by atoms with Gasteiger partial charge in [-0.3, -0.25) is 0 Å². The Morgan fingerprint density at radius 2 is 1.69 bits per heavy atom. The van der Waals surface area contributed by atoms with Crippen molar-refractivity contribution in [1.29, 1.82) is 0 Å². The van der Waals surface area contributed by atoms with Crippen LogP contribution in [0.1, 0.15) is 12.5 Å². The van der Waals surface area contributed by atoms with Crippen molar-refractivity contribution >= 4 is 28.8 Å². The molecule has 1 saturated heterocycles. The third kappa shape index (κ3) is 5.99. The van der Waals surface area contributed by atoms with Crippen molar-refractivity contribution < 1.29 is 23.7 Å². The third-order valence-corrected chi connectivity index (χ3v) is 6.41. The molecule has 0 saturated carbocycles. The van der Waals surface area contributed by atoms with Crippen LogP contribution in [0.15, 0.2) is 65.6 Å². The maximum absolute atomic E-state index is 12.1. The van der Waals surface area contributed by atoms with Crippen molar-refractivity contribution in [2.24, 2.45) is 0 Å². The summed E-state index contributed by atoms with van der Waals surface area (Å²) in [5, 5.41) is -0.620. The van der Waals surface area contributed by atoms with Crippen LogP contribution in [0.5, 0.6) is 0 Å². The number of hydrogen-bond acceptors (Lipinski definition) is 7. The van der Waals surface area contributed by atoms with Crippen LogP contribution in [0.4, 0.5) is 4.79 Å². The Bertz CT molecular complexity index is 758. The Labute approximate surface area is 180 Å². The number of methoxy groups -OCH3 is 1. The highest BCUT2D eigenvalue weighted by atomic mass is 32.2. The number of hydrogen-bond donors (Lipinski definition) is 0. The Balaban J connectivity index is 1.84. The van der Waals surface area contributed by atoms with E-state index < -0.39 is 12.4 Å². The number of thioether (sulfide) groups is 2. The molecular weight excluding hydrogens is 408 g/mol. The molecule has 0 aromatic heterocycles. The van der Waals surface area contributed by atoms with Crippen LogP contribution >= 0.6 is 23.5 Å². The minimum atomic E-state index is -0.554. The van der Waals surface area contributed by atoms with Gasteiger partial charge in [0.05, 0.1) is 12.7 Å². The number of ether oxygens (including phenoxy) is 4. The lowest BCUT2D eigenvalue weighted by atomic mass is 10.0. The molecule has 0 aliphatic carbocycles. The zero-order valence-corrected chi connectivity index (χ0v) is 18.4. The van der Waals surface area contributed by atoms with Gasteiger partial charge < -0.3 is 18.9 Å². The summed E-state index contributed by atoms with van der Waals surface area (Å²) in [4.78, 5) is 13.2. The number of benzene rings is 2. The highest BCUT2D eigenvalue weighted by Crippen LogP contribution is 2.38. The minimum Gasteiger partial charge on any atom is -0.450 e. The molecule has 0 spiro atoms. The van der Waals surface area contributed by atoms with E-state index in [2.05, 4.69) is 0 Å². The molecule has 1 aliphatic heterocycles. The number of carbonyl (C=O) groups is 1. The lowest BCUT2D eigenvalue weighted by molar-refractivity contribution is -0.248. The van der Waals surface area contributed by atoms with E-state index >= 15 is 0 Å². The highest BCUT2D eigenvalue weighted by Gasteiger charge is 2.48. The van der Waals surface area contributed by atoms with E-state index in [1.165, 1.54) is 0 Å². The summed E-state index contributed by atoms with van der Waals surface area (Å²) in [6, 6.07) is 19.9. The maximum Gasteiger partial charge on any atom is 0.367 e. The highest BCUT2D eigenvalue weighted by molar-refractivity contribution is 8.12. The second-order valence-corrected chi connectivity index (χ2v) is 8.63. The van der Waals surface area contributed by atoms with Gasteiger partial charge in [-0.05, 0) is 42.6 Å². The van der Waals surface area contributed by atoms with E-state index in [4.69, 9.17) is 18.9 Å². The first-order chi connectivity index (χ1) is 14.1. The second kappa shape index (κ2) is 11.0. The van der Waals surface area contributed by atoms with Crippen molar-refractivity contribution in [3.8, 4) is 0 Å². The van der Waals surface area contributed by atoms with E-state index in [0.29, 0.717) is 6.61 Å². The van der Waals surface area contributed by atoms with E-state index in [1.807, 2.05) is 67.6 Å². The molecule has 1 aliphatic rings. The molecule has 0 bridgehead atoms. The van der Waals surface area contributed by atoms with Gasteiger partial charge in [0.1, 0.15) is 17.5 Å². The molecule has 0 radical (unpaired) electrons. The smallest absolute Gasteiger partial charge is 0.367 e. The Kier molecular flexibility index (Phi) is 8.44. The van der Waals surface area contributed by atoms with Gasteiger partial charge in [-0.1, -0.05) is 48.5 Å². The predicted octanol–water partition coefficient (Wildman–Crippen LogP) is 4.99. The SMILES string of the molecule is CO[C@@H]1[C@@H](OC(=O)SC)[C@H](Sc2ccccc2)[C@@H](OCc2ccccc2)O[C@H]1C. The molecular formula is C22H26O5S2. The molecule has 7 heteroatoms. The van der Waals surface area contributed by atoms with Crippen molar-refractivity contribution in [2.75, 3.05) is 13.4 Å². The Morgan fingerprint density at radius 1 is 1.03 bits per heavy atom. The minimum absolute atomic E-state index is 0.279. The molecule has 2 aromatic rings.